The molecule has 0 amide bonds. The van der Waals surface area contributed by atoms with Gasteiger partial charge in [-0.05, 0) is 36.7 Å². The normalized spacial score (nSPS) is 17.9. The SMILES string of the molecule is C1CN[C@H](c2nn[nH]n2)C1.O=Nc1ccccc1. The summed E-state index contributed by atoms with van der Waals surface area (Å²) >= 11 is 0. The largest absolute Gasteiger partial charge is 0.307 e. The van der Waals surface area contributed by atoms with Crippen molar-refractivity contribution in [3.63, 3.8) is 0 Å². The van der Waals surface area contributed by atoms with E-state index in [0.29, 0.717) is 11.7 Å². The Kier molecular flexibility index (Phi) is 4.48. The number of hydrogen-bond donors (Lipinski definition) is 2. The molecule has 0 saturated carbocycles. The molecule has 1 atom stereocenters. The number of benzene rings is 1. The molecule has 2 heterocycles. The van der Waals surface area contributed by atoms with E-state index in [-0.39, 0.29) is 0 Å². The number of nitrogens with zero attached hydrogens (tertiary/aromatic N) is 4. The number of H-pyrrole nitrogens is 1. The van der Waals surface area contributed by atoms with Crippen molar-refractivity contribution in [1.82, 2.24) is 25.9 Å². The molecule has 2 N–H and O–H groups in total. The third kappa shape index (κ3) is 3.42. The molecule has 18 heavy (non-hydrogen) atoms. The van der Waals surface area contributed by atoms with Gasteiger partial charge < -0.3 is 5.32 Å². The molecule has 1 aromatic carbocycles. The van der Waals surface area contributed by atoms with Gasteiger partial charge in [0, 0.05) is 0 Å². The first-order valence-corrected chi connectivity index (χ1v) is 5.75. The second-order valence-corrected chi connectivity index (χ2v) is 3.85. The van der Waals surface area contributed by atoms with Crippen LogP contribution in [0.15, 0.2) is 35.5 Å². The maximum atomic E-state index is 9.76. The zero-order chi connectivity index (χ0) is 12.6. The van der Waals surface area contributed by atoms with Gasteiger partial charge in [0.25, 0.3) is 0 Å². The Bertz CT molecular complexity index is 452. The van der Waals surface area contributed by atoms with Crippen LogP contribution in [-0.2, 0) is 0 Å². The molecule has 1 fully saturated rings. The Balaban J connectivity index is 0.000000138. The molecule has 1 aliphatic rings. The van der Waals surface area contributed by atoms with Crippen LogP contribution in [0.2, 0.25) is 0 Å². The molecule has 94 valence electrons. The highest BCUT2D eigenvalue weighted by molar-refractivity contribution is 5.34. The van der Waals surface area contributed by atoms with Crippen molar-refractivity contribution >= 4 is 5.69 Å². The molecule has 3 rings (SSSR count). The molecule has 1 aliphatic heterocycles. The lowest BCUT2D eigenvalue weighted by Crippen LogP contribution is -2.14. The molecular formula is C11H14N6O. The van der Waals surface area contributed by atoms with Crippen LogP contribution in [0.1, 0.15) is 24.7 Å². The Morgan fingerprint density at radius 3 is 2.61 bits per heavy atom. The van der Waals surface area contributed by atoms with E-state index < -0.39 is 0 Å². The van der Waals surface area contributed by atoms with Gasteiger partial charge in [-0.1, -0.05) is 23.4 Å². The van der Waals surface area contributed by atoms with Crippen LogP contribution in [0.5, 0.6) is 0 Å². The molecule has 7 heteroatoms. The topological polar surface area (TPSA) is 95.9 Å². The van der Waals surface area contributed by atoms with E-state index in [2.05, 4.69) is 31.1 Å². The smallest absolute Gasteiger partial charge is 0.191 e. The van der Waals surface area contributed by atoms with E-state index in [1.54, 1.807) is 24.3 Å². The third-order valence-electron chi connectivity index (χ3n) is 2.60. The number of nitroso groups, excluding NO2 is 1. The summed E-state index contributed by atoms with van der Waals surface area (Å²) in [5, 5.41) is 19.7. The van der Waals surface area contributed by atoms with Gasteiger partial charge in [0.05, 0.1) is 6.04 Å². The van der Waals surface area contributed by atoms with Crippen molar-refractivity contribution in [1.29, 1.82) is 0 Å². The summed E-state index contributed by atoms with van der Waals surface area (Å²) in [5.74, 6) is 0.789. The van der Waals surface area contributed by atoms with Crippen LogP contribution in [0.25, 0.3) is 0 Å². The van der Waals surface area contributed by atoms with Crippen molar-refractivity contribution in [3.8, 4) is 0 Å². The summed E-state index contributed by atoms with van der Waals surface area (Å²) in [6.45, 7) is 1.07. The fourth-order valence-corrected chi connectivity index (χ4v) is 1.71. The van der Waals surface area contributed by atoms with Crippen LogP contribution in [-0.4, -0.2) is 27.2 Å². The van der Waals surface area contributed by atoms with Crippen molar-refractivity contribution < 1.29 is 0 Å². The minimum absolute atomic E-state index is 0.332. The first kappa shape index (κ1) is 12.3. The standard InChI is InChI=1S/C6H5NO.C5H9N5/c8-7-6-4-2-1-3-5-6;1-2-4(6-3-1)5-7-9-10-8-5/h1-5H;4,6H,1-3H2,(H,7,8,9,10)/t;4-/m.0/s1. The van der Waals surface area contributed by atoms with Crippen LogP contribution >= 0.6 is 0 Å². The lowest BCUT2D eigenvalue weighted by atomic mass is 10.2. The van der Waals surface area contributed by atoms with E-state index in [9.17, 15) is 4.91 Å². The maximum Gasteiger partial charge on any atom is 0.191 e. The highest BCUT2D eigenvalue weighted by Gasteiger charge is 2.19. The number of tetrazole rings is 1. The van der Waals surface area contributed by atoms with Gasteiger partial charge in [0.15, 0.2) is 5.82 Å². The van der Waals surface area contributed by atoms with E-state index in [0.717, 1.165) is 18.8 Å². The molecule has 0 spiro atoms. The minimum atomic E-state index is 0.332. The Morgan fingerprint density at radius 1 is 1.28 bits per heavy atom. The number of aromatic amines is 1. The number of hydrogen-bond acceptors (Lipinski definition) is 6. The second kappa shape index (κ2) is 6.55. The summed E-state index contributed by atoms with van der Waals surface area (Å²) in [4.78, 5) is 9.76. The summed E-state index contributed by atoms with van der Waals surface area (Å²) < 4.78 is 0. The maximum absolute atomic E-state index is 9.76. The van der Waals surface area contributed by atoms with Gasteiger partial charge in [-0.25, -0.2) is 0 Å². The predicted molar refractivity (Wildman–Crippen MR) is 66.1 cm³/mol. The summed E-state index contributed by atoms with van der Waals surface area (Å²) in [5.41, 5.74) is 0.479. The van der Waals surface area contributed by atoms with Gasteiger partial charge in [-0.2, -0.15) is 5.21 Å². The first-order valence-electron chi connectivity index (χ1n) is 5.75. The van der Waals surface area contributed by atoms with Gasteiger partial charge in [-0.3, -0.25) is 0 Å². The van der Waals surface area contributed by atoms with Gasteiger partial charge >= 0.3 is 0 Å². The molecule has 0 aliphatic carbocycles. The molecule has 7 nitrogen and oxygen atoms in total. The third-order valence-corrected chi connectivity index (χ3v) is 2.60. The monoisotopic (exact) mass is 246 g/mol. The second-order valence-electron chi connectivity index (χ2n) is 3.85. The number of rotatable bonds is 2. The number of nitrogens with one attached hydrogen (secondary N) is 2. The van der Waals surface area contributed by atoms with E-state index >= 15 is 0 Å². The summed E-state index contributed by atoms with van der Waals surface area (Å²) in [6, 6.07) is 9.04. The van der Waals surface area contributed by atoms with Gasteiger partial charge in [0.2, 0.25) is 0 Å². The van der Waals surface area contributed by atoms with Crippen molar-refractivity contribution in [2.24, 2.45) is 5.18 Å². The van der Waals surface area contributed by atoms with Gasteiger partial charge in [-0.15, -0.1) is 15.1 Å². The molecular weight excluding hydrogens is 232 g/mol. The fraction of sp³-hybridized carbons (Fsp3) is 0.364. The van der Waals surface area contributed by atoms with Crippen molar-refractivity contribution in [3.05, 3.63) is 41.1 Å². The fourth-order valence-electron chi connectivity index (χ4n) is 1.71. The zero-order valence-electron chi connectivity index (χ0n) is 9.78. The summed E-state index contributed by atoms with van der Waals surface area (Å²) in [7, 11) is 0. The average molecular weight is 246 g/mol. The van der Waals surface area contributed by atoms with Crippen LogP contribution in [0.4, 0.5) is 5.69 Å². The van der Waals surface area contributed by atoms with E-state index in [4.69, 9.17) is 0 Å². The molecule has 0 bridgehead atoms. The minimum Gasteiger partial charge on any atom is -0.307 e. The summed E-state index contributed by atoms with van der Waals surface area (Å²) in [6.07, 6.45) is 2.33. The average Bonchev–Trinajstić information content (AvgIpc) is 3.12. The van der Waals surface area contributed by atoms with E-state index in [1.807, 2.05) is 6.07 Å². The molecule has 0 radical (unpaired) electrons. The van der Waals surface area contributed by atoms with Crippen LogP contribution in [0, 0.1) is 4.91 Å². The highest BCUT2D eigenvalue weighted by atomic mass is 16.3. The van der Waals surface area contributed by atoms with Crippen molar-refractivity contribution in [2.75, 3.05) is 6.54 Å². The zero-order valence-corrected chi connectivity index (χ0v) is 9.78. The molecule has 0 unspecified atom stereocenters. The van der Waals surface area contributed by atoms with Gasteiger partial charge in [0.1, 0.15) is 5.69 Å². The molecule has 2 aromatic rings. The molecule has 1 saturated heterocycles. The Morgan fingerprint density at radius 2 is 2.11 bits per heavy atom. The Hall–Kier alpha value is -2.15. The first-order chi connectivity index (χ1) is 8.90. The molecule has 1 aromatic heterocycles. The predicted octanol–water partition coefficient (Wildman–Crippen LogP) is 1.71. The Labute approximate surface area is 104 Å². The quantitative estimate of drug-likeness (QED) is 0.786. The van der Waals surface area contributed by atoms with Crippen LogP contribution < -0.4 is 5.32 Å². The lowest BCUT2D eigenvalue weighted by Gasteiger charge is -2.00. The van der Waals surface area contributed by atoms with E-state index in [1.165, 1.54) is 6.42 Å². The van der Waals surface area contributed by atoms with Crippen molar-refractivity contribution in [2.45, 2.75) is 18.9 Å². The highest BCUT2D eigenvalue weighted by Crippen LogP contribution is 2.17. The lowest BCUT2D eigenvalue weighted by molar-refractivity contribution is 0.606. The van der Waals surface area contributed by atoms with Crippen LogP contribution in [0.3, 0.4) is 0 Å². The number of aromatic nitrogens is 4.